The highest BCUT2D eigenvalue weighted by atomic mass is 35.5. The summed E-state index contributed by atoms with van der Waals surface area (Å²) in [4.78, 5) is 39.7. The van der Waals surface area contributed by atoms with Crippen molar-refractivity contribution in [3.8, 4) is 11.1 Å². The maximum atomic E-state index is 11.8. The molecule has 0 aliphatic rings. The summed E-state index contributed by atoms with van der Waals surface area (Å²) in [6.07, 6.45) is 3.77. The molecule has 0 aromatic carbocycles. The first-order valence-electron chi connectivity index (χ1n) is 5.51. The van der Waals surface area contributed by atoms with E-state index < -0.39 is 11.2 Å². The third-order valence-electron chi connectivity index (χ3n) is 2.54. The molecule has 0 aliphatic heterocycles. The highest BCUT2D eigenvalue weighted by Crippen LogP contribution is 2.14. The Morgan fingerprint density at radius 1 is 1.37 bits per heavy atom. The van der Waals surface area contributed by atoms with Crippen LogP contribution in [0.3, 0.4) is 0 Å². The number of H-pyrrole nitrogens is 1. The number of nitrogens with one attached hydrogen (secondary N) is 1. The lowest BCUT2D eigenvalue weighted by Gasteiger charge is -2.05. The van der Waals surface area contributed by atoms with Crippen molar-refractivity contribution >= 4 is 17.9 Å². The molecular weight excluding hydrogens is 270 g/mol. The van der Waals surface area contributed by atoms with Gasteiger partial charge in [-0.1, -0.05) is 11.6 Å². The molecule has 2 rings (SSSR count). The molecule has 0 unspecified atom stereocenters. The van der Waals surface area contributed by atoms with Crippen molar-refractivity contribution < 1.29 is 4.79 Å². The van der Waals surface area contributed by atoms with E-state index in [0.29, 0.717) is 22.6 Å². The van der Waals surface area contributed by atoms with Gasteiger partial charge in [0.15, 0.2) is 0 Å². The van der Waals surface area contributed by atoms with Crippen molar-refractivity contribution in [3.63, 3.8) is 0 Å². The van der Waals surface area contributed by atoms with Gasteiger partial charge < -0.3 is 4.79 Å². The van der Waals surface area contributed by atoms with E-state index in [1.165, 1.54) is 17.0 Å². The zero-order valence-corrected chi connectivity index (χ0v) is 10.6. The van der Waals surface area contributed by atoms with E-state index in [0.717, 1.165) is 0 Å². The van der Waals surface area contributed by atoms with E-state index in [2.05, 4.69) is 9.97 Å². The lowest BCUT2D eigenvalue weighted by Crippen LogP contribution is -2.30. The molecule has 0 bridgehead atoms. The largest absolute Gasteiger partial charge is 0.328 e. The number of carbonyl (C=O) groups is 1. The van der Waals surface area contributed by atoms with Gasteiger partial charge in [0.1, 0.15) is 11.4 Å². The number of carbonyl (C=O) groups excluding carboxylic acids is 1. The molecule has 0 spiro atoms. The molecule has 0 saturated carbocycles. The number of aromatic nitrogens is 3. The molecule has 98 valence electrons. The zero-order valence-electron chi connectivity index (χ0n) is 9.80. The van der Waals surface area contributed by atoms with Crippen molar-refractivity contribution in [1.82, 2.24) is 14.5 Å². The Labute approximate surface area is 112 Å². The molecule has 0 atom stereocenters. The lowest BCUT2D eigenvalue weighted by molar-refractivity contribution is -0.108. The molecule has 2 aromatic rings. The van der Waals surface area contributed by atoms with Crippen LogP contribution in [0.2, 0.25) is 5.15 Å². The Hall–Kier alpha value is -2.21. The van der Waals surface area contributed by atoms with Crippen molar-refractivity contribution in [2.45, 2.75) is 13.0 Å². The molecule has 0 amide bonds. The first-order valence-corrected chi connectivity index (χ1v) is 5.89. The number of hydrogen-bond acceptors (Lipinski definition) is 4. The Balaban J connectivity index is 2.51. The Morgan fingerprint density at radius 2 is 2.16 bits per heavy atom. The van der Waals surface area contributed by atoms with Crippen LogP contribution in [0.5, 0.6) is 0 Å². The Morgan fingerprint density at radius 3 is 2.79 bits per heavy atom. The molecule has 1 N–H and O–H groups in total. The summed E-state index contributed by atoms with van der Waals surface area (Å²) in [7, 11) is 0. The van der Waals surface area contributed by atoms with Gasteiger partial charge in [0.05, 0.1) is 5.56 Å². The minimum absolute atomic E-state index is 0.199. The summed E-state index contributed by atoms with van der Waals surface area (Å²) in [5.74, 6) is 0. The van der Waals surface area contributed by atoms with Gasteiger partial charge in [-0.05, 0) is 12.1 Å². The topological polar surface area (TPSA) is 84.8 Å². The molecule has 0 radical (unpaired) electrons. The Bertz CT molecular complexity index is 703. The second kappa shape index (κ2) is 5.62. The van der Waals surface area contributed by atoms with E-state index in [-0.39, 0.29) is 13.0 Å². The van der Waals surface area contributed by atoms with Crippen LogP contribution in [0.15, 0.2) is 34.1 Å². The van der Waals surface area contributed by atoms with Crippen molar-refractivity contribution in [2.24, 2.45) is 0 Å². The van der Waals surface area contributed by atoms with Crippen LogP contribution in [0.1, 0.15) is 6.42 Å². The molecule has 2 aromatic heterocycles. The fraction of sp³-hybridized carbons (Fsp3) is 0.167. The predicted octanol–water partition coefficient (Wildman–Crippen LogP) is 0.841. The van der Waals surface area contributed by atoms with Gasteiger partial charge >= 0.3 is 5.69 Å². The fourth-order valence-electron chi connectivity index (χ4n) is 1.61. The standard InChI is InChI=1S/C12H10ClN3O3/c13-10-3-2-8(6-14-10)9-7-16(4-1-5-17)12(19)15-11(9)18/h2-3,5-7H,1,4H2,(H,15,18,19). The van der Waals surface area contributed by atoms with Gasteiger partial charge in [-0.3, -0.25) is 14.3 Å². The second-order valence-corrected chi connectivity index (χ2v) is 4.21. The van der Waals surface area contributed by atoms with E-state index in [1.807, 2.05) is 0 Å². The summed E-state index contributed by atoms with van der Waals surface area (Å²) >= 11 is 5.67. The van der Waals surface area contributed by atoms with Gasteiger partial charge in [0.25, 0.3) is 5.56 Å². The fourth-order valence-corrected chi connectivity index (χ4v) is 1.72. The monoisotopic (exact) mass is 279 g/mol. The summed E-state index contributed by atoms with van der Waals surface area (Å²) in [5, 5.41) is 0.314. The maximum Gasteiger partial charge on any atom is 0.328 e. The minimum atomic E-state index is -0.544. The quantitative estimate of drug-likeness (QED) is 0.664. The number of aromatic amines is 1. The number of aldehydes is 1. The van der Waals surface area contributed by atoms with E-state index >= 15 is 0 Å². The van der Waals surface area contributed by atoms with Crippen LogP contribution >= 0.6 is 11.6 Å². The maximum absolute atomic E-state index is 11.8. The van der Waals surface area contributed by atoms with Crippen molar-refractivity contribution in [2.75, 3.05) is 0 Å². The third-order valence-corrected chi connectivity index (χ3v) is 2.76. The second-order valence-electron chi connectivity index (χ2n) is 3.82. The summed E-state index contributed by atoms with van der Waals surface area (Å²) in [6, 6.07) is 3.19. The summed E-state index contributed by atoms with van der Waals surface area (Å²) < 4.78 is 1.28. The molecular formula is C12H10ClN3O3. The first kappa shape index (κ1) is 13.2. The lowest BCUT2D eigenvalue weighted by atomic mass is 10.1. The van der Waals surface area contributed by atoms with Crippen LogP contribution in [-0.2, 0) is 11.3 Å². The van der Waals surface area contributed by atoms with Gasteiger partial charge in [0, 0.05) is 30.9 Å². The number of hydrogen-bond donors (Lipinski definition) is 1. The van der Waals surface area contributed by atoms with E-state index in [9.17, 15) is 14.4 Å². The average molecular weight is 280 g/mol. The van der Waals surface area contributed by atoms with E-state index in [4.69, 9.17) is 11.6 Å². The average Bonchev–Trinajstić information content (AvgIpc) is 2.39. The van der Waals surface area contributed by atoms with E-state index in [1.54, 1.807) is 12.1 Å². The minimum Gasteiger partial charge on any atom is -0.303 e. The van der Waals surface area contributed by atoms with Gasteiger partial charge in [0.2, 0.25) is 0 Å². The van der Waals surface area contributed by atoms with Crippen molar-refractivity contribution in [3.05, 3.63) is 50.5 Å². The van der Waals surface area contributed by atoms with Crippen LogP contribution in [0, 0.1) is 0 Å². The summed E-state index contributed by atoms with van der Waals surface area (Å²) in [6.45, 7) is 0.215. The van der Waals surface area contributed by atoms with Crippen LogP contribution in [-0.4, -0.2) is 20.8 Å². The first-order chi connectivity index (χ1) is 9.11. The van der Waals surface area contributed by atoms with Crippen LogP contribution in [0.25, 0.3) is 11.1 Å². The van der Waals surface area contributed by atoms with Crippen molar-refractivity contribution in [1.29, 1.82) is 0 Å². The zero-order chi connectivity index (χ0) is 13.8. The van der Waals surface area contributed by atoms with Crippen LogP contribution < -0.4 is 11.2 Å². The number of halogens is 1. The molecule has 0 aliphatic carbocycles. The predicted molar refractivity (Wildman–Crippen MR) is 70.2 cm³/mol. The number of nitrogens with zero attached hydrogens (tertiary/aromatic N) is 2. The SMILES string of the molecule is O=CCCn1cc(-c2ccc(Cl)nc2)c(=O)[nH]c1=O. The number of rotatable bonds is 4. The molecule has 0 saturated heterocycles. The Kier molecular flexibility index (Phi) is 3.91. The highest BCUT2D eigenvalue weighted by molar-refractivity contribution is 6.29. The van der Waals surface area contributed by atoms with Gasteiger partial charge in [-0.15, -0.1) is 0 Å². The number of pyridine rings is 1. The van der Waals surface area contributed by atoms with Gasteiger partial charge in [-0.2, -0.15) is 0 Å². The molecule has 7 heteroatoms. The molecule has 19 heavy (non-hydrogen) atoms. The van der Waals surface area contributed by atoms with Gasteiger partial charge in [-0.25, -0.2) is 9.78 Å². The molecule has 6 nitrogen and oxygen atoms in total. The third kappa shape index (κ3) is 2.97. The van der Waals surface area contributed by atoms with Crippen LogP contribution in [0.4, 0.5) is 0 Å². The highest BCUT2D eigenvalue weighted by Gasteiger charge is 2.07. The summed E-state index contributed by atoms with van der Waals surface area (Å²) in [5.41, 5.74) is -0.200. The normalized spacial score (nSPS) is 10.4. The molecule has 2 heterocycles. The smallest absolute Gasteiger partial charge is 0.303 e. The number of aryl methyl sites for hydroxylation is 1. The molecule has 0 fully saturated rings.